The summed E-state index contributed by atoms with van der Waals surface area (Å²) in [6.45, 7) is 5.93. The van der Waals surface area contributed by atoms with E-state index in [2.05, 4.69) is 39.4 Å². The predicted molar refractivity (Wildman–Crippen MR) is 124 cm³/mol. The maximum absolute atomic E-state index is 12.1. The van der Waals surface area contributed by atoms with E-state index in [4.69, 9.17) is 0 Å². The van der Waals surface area contributed by atoms with Gasteiger partial charge < -0.3 is 10.6 Å². The summed E-state index contributed by atoms with van der Waals surface area (Å²) in [4.78, 5) is 6.93. The van der Waals surface area contributed by atoms with Crippen LogP contribution in [0.3, 0.4) is 0 Å². The van der Waals surface area contributed by atoms with Crippen LogP contribution in [0.15, 0.2) is 47.5 Å². The van der Waals surface area contributed by atoms with E-state index in [1.807, 2.05) is 37.3 Å². The molecule has 0 aliphatic carbocycles. The SMILES string of the molecule is CCNC(=NCc1ccc(C)s1)NCCS(=O)(=O)NCc1ccccc1.I. The highest BCUT2D eigenvalue weighted by atomic mass is 127. The second kappa shape index (κ2) is 12.3. The fourth-order valence-electron chi connectivity index (χ4n) is 2.23. The Kier molecular flexibility index (Phi) is 10.9. The minimum absolute atomic E-state index is 0. The largest absolute Gasteiger partial charge is 0.357 e. The summed E-state index contributed by atoms with van der Waals surface area (Å²) in [5.41, 5.74) is 0.935. The van der Waals surface area contributed by atoms with Gasteiger partial charge in [-0.15, -0.1) is 35.3 Å². The summed E-state index contributed by atoms with van der Waals surface area (Å²) in [6.07, 6.45) is 0. The zero-order valence-electron chi connectivity index (χ0n) is 15.6. The number of halogens is 1. The Bertz CT molecular complexity index is 808. The fraction of sp³-hybridized carbons (Fsp3) is 0.389. The minimum atomic E-state index is -3.35. The van der Waals surface area contributed by atoms with Crippen molar-refractivity contribution >= 4 is 51.3 Å². The highest BCUT2D eigenvalue weighted by Crippen LogP contribution is 2.15. The summed E-state index contributed by atoms with van der Waals surface area (Å²) in [5.74, 6) is 0.610. The van der Waals surface area contributed by atoms with Gasteiger partial charge in [0.1, 0.15) is 0 Å². The van der Waals surface area contributed by atoms with Crippen molar-refractivity contribution in [1.29, 1.82) is 0 Å². The topological polar surface area (TPSA) is 82.6 Å². The number of guanidine groups is 1. The molecule has 9 heteroatoms. The number of benzene rings is 1. The lowest BCUT2D eigenvalue weighted by atomic mass is 10.2. The summed E-state index contributed by atoms with van der Waals surface area (Å²) < 4.78 is 26.8. The molecule has 1 aromatic heterocycles. The van der Waals surface area contributed by atoms with Gasteiger partial charge in [-0.05, 0) is 31.5 Å². The van der Waals surface area contributed by atoms with Gasteiger partial charge >= 0.3 is 0 Å². The van der Waals surface area contributed by atoms with Crippen molar-refractivity contribution in [3.8, 4) is 0 Å². The molecule has 0 saturated heterocycles. The van der Waals surface area contributed by atoms with Crippen LogP contribution in [0.25, 0.3) is 0 Å². The molecule has 1 heterocycles. The van der Waals surface area contributed by atoms with Crippen LogP contribution in [0.5, 0.6) is 0 Å². The average molecular weight is 522 g/mol. The number of thiophene rings is 1. The zero-order chi connectivity index (χ0) is 18.8. The number of hydrogen-bond donors (Lipinski definition) is 3. The van der Waals surface area contributed by atoms with Crippen molar-refractivity contribution < 1.29 is 8.42 Å². The Morgan fingerprint density at radius 1 is 1.11 bits per heavy atom. The number of nitrogens with one attached hydrogen (secondary N) is 3. The first-order valence-electron chi connectivity index (χ1n) is 8.57. The Hall–Kier alpha value is -1.17. The number of nitrogens with zero attached hydrogens (tertiary/aromatic N) is 1. The first-order chi connectivity index (χ1) is 12.5. The van der Waals surface area contributed by atoms with Gasteiger partial charge in [-0.3, -0.25) is 0 Å². The molecule has 0 bridgehead atoms. The van der Waals surface area contributed by atoms with E-state index in [0.717, 1.165) is 5.56 Å². The van der Waals surface area contributed by atoms with Crippen LogP contribution in [0, 0.1) is 6.92 Å². The summed E-state index contributed by atoms with van der Waals surface area (Å²) in [7, 11) is -3.35. The molecule has 6 nitrogen and oxygen atoms in total. The standard InChI is InChI=1S/C18H26N4O2S2.HI/c1-3-19-18(21-14-17-10-9-15(2)25-17)20-11-12-26(23,24)22-13-16-7-5-4-6-8-16;/h4-10,22H,3,11-14H2,1-2H3,(H2,19,20,21);1H. The molecule has 0 radical (unpaired) electrons. The maximum Gasteiger partial charge on any atom is 0.213 e. The van der Waals surface area contributed by atoms with E-state index in [0.29, 0.717) is 32.1 Å². The van der Waals surface area contributed by atoms with E-state index in [-0.39, 0.29) is 29.7 Å². The molecular weight excluding hydrogens is 495 g/mol. The molecular formula is C18H27IN4O2S2. The lowest BCUT2D eigenvalue weighted by molar-refractivity contribution is 0.580. The first-order valence-corrected chi connectivity index (χ1v) is 11.0. The van der Waals surface area contributed by atoms with Crippen LogP contribution < -0.4 is 15.4 Å². The minimum Gasteiger partial charge on any atom is -0.357 e. The Morgan fingerprint density at radius 3 is 2.48 bits per heavy atom. The normalized spacial score (nSPS) is 11.7. The van der Waals surface area contributed by atoms with Crippen molar-refractivity contribution in [2.45, 2.75) is 26.9 Å². The highest BCUT2D eigenvalue weighted by molar-refractivity contribution is 14.0. The van der Waals surface area contributed by atoms with Crippen LogP contribution >= 0.6 is 35.3 Å². The fourth-order valence-corrected chi connectivity index (χ4v) is 3.95. The molecule has 150 valence electrons. The third kappa shape index (κ3) is 9.54. The second-order valence-corrected chi connectivity index (χ2v) is 9.06. The van der Waals surface area contributed by atoms with Crippen LogP contribution in [0.2, 0.25) is 0 Å². The molecule has 0 atom stereocenters. The molecule has 0 unspecified atom stereocenters. The number of sulfonamides is 1. The van der Waals surface area contributed by atoms with Crippen LogP contribution in [-0.4, -0.2) is 33.2 Å². The smallest absolute Gasteiger partial charge is 0.213 e. The lowest BCUT2D eigenvalue weighted by Gasteiger charge is -2.12. The number of aliphatic imine (C=N–C) groups is 1. The molecule has 2 aromatic rings. The maximum atomic E-state index is 12.1. The van der Waals surface area contributed by atoms with E-state index < -0.39 is 10.0 Å². The first kappa shape index (κ1) is 23.9. The van der Waals surface area contributed by atoms with Crippen LogP contribution in [-0.2, 0) is 23.1 Å². The molecule has 0 spiro atoms. The van der Waals surface area contributed by atoms with Crippen molar-refractivity contribution in [2.24, 2.45) is 4.99 Å². The molecule has 0 saturated carbocycles. The molecule has 0 amide bonds. The van der Waals surface area contributed by atoms with Gasteiger partial charge in [0.25, 0.3) is 0 Å². The Morgan fingerprint density at radius 2 is 1.85 bits per heavy atom. The van der Waals surface area contributed by atoms with E-state index >= 15 is 0 Å². The molecule has 0 aliphatic heterocycles. The lowest BCUT2D eigenvalue weighted by Crippen LogP contribution is -2.41. The van der Waals surface area contributed by atoms with Gasteiger partial charge in [-0.1, -0.05) is 30.3 Å². The average Bonchev–Trinajstić information content (AvgIpc) is 3.04. The molecule has 2 rings (SSSR count). The Balaban J connectivity index is 0.00000364. The van der Waals surface area contributed by atoms with Crippen molar-refractivity contribution in [2.75, 3.05) is 18.8 Å². The highest BCUT2D eigenvalue weighted by Gasteiger charge is 2.10. The predicted octanol–water partition coefficient (Wildman–Crippen LogP) is 2.85. The summed E-state index contributed by atoms with van der Waals surface area (Å²) >= 11 is 1.71. The Labute approximate surface area is 182 Å². The summed E-state index contributed by atoms with van der Waals surface area (Å²) in [5, 5.41) is 6.21. The third-order valence-electron chi connectivity index (χ3n) is 3.54. The van der Waals surface area contributed by atoms with Crippen LogP contribution in [0.4, 0.5) is 0 Å². The van der Waals surface area contributed by atoms with Gasteiger partial charge in [-0.25, -0.2) is 18.1 Å². The molecule has 27 heavy (non-hydrogen) atoms. The molecule has 1 aromatic carbocycles. The van der Waals surface area contributed by atoms with Gasteiger partial charge in [0.15, 0.2) is 5.96 Å². The van der Waals surface area contributed by atoms with E-state index in [9.17, 15) is 8.42 Å². The van der Waals surface area contributed by atoms with Crippen LogP contribution in [0.1, 0.15) is 22.2 Å². The quantitative estimate of drug-likeness (QED) is 0.269. The third-order valence-corrected chi connectivity index (χ3v) is 5.85. The van der Waals surface area contributed by atoms with Crippen molar-refractivity contribution in [1.82, 2.24) is 15.4 Å². The summed E-state index contributed by atoms with van der Waals surface area (Å²) in [6, 6.07) is 13.6. The molecule has 0 aliphatic rings. The van der Waals surface area contributed by atoms with Gasteiger partial charge in [0, 0.05) is 29.4 Å². The van der Waals surface area contributed by atoms with Gasteiger partial charge in [0.05, 0.1) is 12.3 Å². The monoisotopic (exact) mass is 522 g/mol. The second-order valence-electron chi connectivity index (χ2n) is 5.76. The zero-order valence-corrected chi connectivity index (χ0v) is 19.5. The van der Waals surface area contributed by atoms with Gasteiger partial charge in [0.2, 0.25) is 10.0 Å². The van der Waals surface area contributed by atoms with E-state index in [1.54, 1.807) is 11.3 Å². The molecule has 0 fully saturated rings. The number of aryl methyl sites for hydroxylation is 1. The van der Waals surface area contributed by atoms with Crippen molar-refractivity contribution in [3.63, 3.8) is 0 Å². The van der Waals surface area contributed by atoms with Gasteiger partial charge in [-0.2, -0.15) is 0 Å². The van der Waals surface area contributed by atoms with Crippen molar-refractivity contribution in [3.05, 3.63) is 57.8 Å². The number of rotatable bonds is 9. The molecule has 3 N–H and O–H groups in total. The number of hydrogen-bond acceptors (Lipinski definition) is 4. The van der Waals surface area contributed by atoms with E-state index in [1.165, 1.54) is 9.75 Å².